The number of hydrogen-bond acceptors (Lipinski definition) is 3. The fourth-order valence-corrected chi connectivity index (χ4v) is 3.14. The topological polar surface area (TPSA) is 76.0 Å². The van der Waals surface area contributed by atoms with Crippen LogP contribution >= 0.6 is 0 Å². The predicted octanol–water partition coefficient (Wildman–Crippen LogP) is 2.67. The molecule has 1 aromatic heterocycles. The van der Waals surface area contributed by atoms with Crippen LogP contribution in [-0.4, -0.2) is 27.9 Å². The van der Waals surface area contributed by atoms with E-state index < -0.39 is 0 Å². The Balaban J connectivity index is 1.76. The number of hydrogen-bond donors (Lipinski definition) is 2. The monoisotopic (exact) mass is 372 g/mol. The summed E-state index contributed by atoms with van der Waals surface area (Å²) in [5, 5.41) is 5.69. The zero-order chi connectivity index (χ0) is 19.4. The Bertz CT molecular complexity index is 827. The van der Waals surface area contributed by atoms with Crippen LogP contribution in [0.25, 0.3) is 0 Å². The highest BCUT2D eigenvalue weighted by atomic mass is 19.1. The van der Waals surface area contributed by atoms with E-state index in [1.54, 1.807) is 12.1 Å². The zero-order valence-electron chi connectivity index (χ0n) is 15.7. The van der Waals surface area contributed by atoms with E-state index in [1.807, 2.05) is 18.4 Å². The summed E-state index contributed by atoms with van der Waals surface area (Å²) in [7, 11) is 0. The van der Waals surface area contributed by atoms with Crippen molar-refractivity contribution in [1.82, 2.24) is 20.2 Å². The average molecular weight is 372 g/mol. The van der Waals surface area contributed by atoms with E-state index in [1.165, 1.54) is 12.1 Å². The number of halogens is 1. The van der Waals surface area contributed by atoms with Crippen LogP contribution in [0.4, 0.5) is 4.39 Å². The number of nitrogens with one attached hydrogen (secondary N) is 2. The number of benzene rings is 1. The minimum absolute atomic E-state index is 0.230. The summed E-state index contributed by atoms with van der Waals surface area (Å²) < 4.78 is 14.8. The molecule has 0 spiro atoms. The second kappa shape index (κ2) is 8.33. The van der Waals surface area contributed by atoms with Crippen molar-refractivity contribution < 1.29 is 14.0 Å². The van der Waals surface area contributed by atoms with Crippen molar-refractivity contribution in [3.8, 4) is 0 Å². The van der Waals surface area contributed by atoms with Crippen molar-refractivity contribution in [2.45, 2.75) is 46.2 Å². The van der Waals surface area contributed by atoms with Crippen LogP contribution in [0.15, 0.2) is 24.3 Å². The first-order chi connectivity index (χ1) is 13.0. The maximum atomic E-state index is 13.0. The van der Waals surface area contributed by atoms with Crippen LogP contribution in [0.2, 0.25) is 0 Å². The molecule has 0 fully saturated rings. The number of nitrogens with zero attached hydrogens (tertiary/aromatic N) is 2. The first-order valence-corrected chi connectivity index (χ1v) is 9.36. The molecule has 0 atom stereocenters. The van der Waals surface area contributed by atoms with E-state index in [0.29, 0.717) is 24.7 Å². The van der Waals surface area contributed by atoms with Gasteiger partial charge in [-0.2, -0.15) is 0 Å². The van der Waals surface area contributed by atoms with Gasteiger partial charge in [0.2, 0.25) is 0 Å². The third kappa shape index (κ3) is 4.53. The van der Waals surface area contributed by atoms with Crippen molar-refractivity contribution in [3.05, 3.63) is 52.9 Å². The molecule has 3 rings (SSSR count). The van der Waals surface area contributed by atoms with Crippen molar-refractivity contribution >= 4 is 11.8 Å². The Morgan fingerprint density at radius 3 is 2.59 bits per heavy atom. The predicted molar refractivity (Wildman–Crippen MR) is 99.9 cm³/mol. The zero-order valence-corrected chi connectivity index (χ0v) is 15.7. The van der Waals surface area contributed by atoms with Gasteiger partial charge in [0.15, 0.2) is 5.82 Å². The van der Waals surface area contributed by atoms with Crippen molar-refractivity contribution in [2.75, 3.05) is 6.54 Å². The Morgan fingerprint density at radius 2 is 1.89 bits per heavy atom. The molecule has 0 saturated heterocycles. The van der Waals surface area contributed by atoms with Gasteiger partial charge in [0.25, 0.3) is 11.8 Å². The summed E-state index contributed by atoms with van der Waals surface area (Å²) in [5.74, 6) is -0.269. The lowest BCUT2D eigenvalue weighted by atomic mass is 10.1. The molecule has 2 amide bonds. The standard InChI is InChI=1S/C20H25FN4O2/c1-13(2)11-22-19(26)17-16-5-3-4-10-25(16)18(24-17)20(27)23-12-14-6-8-15(21)9-7-14/h6-9,13H,3-5,10-12H2,1-2H3,(H,22,26)(H,23,27). The number of aromatic nitrogens is 2. The van der Waals surface area contributed by atoms with Crippen LogP contribution < -0.4 is 10.6 Å². The smallest absolute Gasteiger partial charge is 0.287 e. The van der Waals surface area contributed by atoms with Crippen LogP contribution in [0.1, 0.15) is 59.1 Å². The lowest BCUT2D eigenvalue weighted by Crippen LogP contribution is -2.29. The molecule has 0 aliphatic carbocycles. The average Bonchev–Trinajstić information content (AvgIpc) is 3.05. The molecule has 144 valence electrons. The second-order valence-corrected chi connectivity index (χ2v) is 7.25. The van der Waals surface area contributed by atoms with Gasteiger partial charge < -0.3 is 15.2 Å². The highest BCUT2D eigenvalue weighted by molar-refractivity contribution is 5.97. The maximum Gasteiger partial charge on any atom is 0.287 e. The number of fused-ring (bicyclic) bond motifs is 1. The first kappa shape index (κ1) is 19.1. The van der Waals surface area contributed by atoms with Crippen molar-refractivity contribution in [1.29, 1.82) is 0 Å². The second-order valence-electron chi connectivity index (χ2n) is 7.25. The molecule has 1 aliphatic rings. The highest BCUT2D eigenvalue weighted by Crippen LogP contribution is 2.21. The fraction of sp³-hybridized carbons (Fsp3) is 0.450. The molecule has 2 heterocycles. The molecule has 1 aromatic carbocycles. The van der Waals surface area contributed by atoms with Crippen molar-refractivity contribution in [3.63, 3.8) is 0 Å². The summed E-state index contributed by atoms with van der Waals surface area (Å²) in [5.41, 5.74) is 1.97. The Hall–Kier alpha value is -2.70. The summed E-state index contributed by atoms with van der Waals surface area (Å²) in [4.78, 5) is 29.5. The molecule has 27 heavy (non-hydrogen) atoms. The molecule has 2 N–H and O–H groups in total. The Labute approximate surface area is 158 Å². The first-order valence-electron chi connectivity index (χ1n) is 9.36. The van der Waals surface area contributed by atoms with E-state index in [9.17, 15) is 14.0 Å². The third-order valence-corrected chi connectivity index (χ3v) is 4.57. The third-order valence-electron chi connectivity index (χ3n) is 4.57. The molecule has 6 nitrogen and oxygen atoms in total. The van der Waals surface area contributed by atoms with Gasteiger partial charge in [-0.3, -0.25) is 9.59 Å². The van der Waals surface area contributed by atoms with E-state index in [4.69, 9.17) is 0 Å². The van der Waals surface area contributed by atoms with Gasteiger partial charge in [-0.1, -0.05) is 26.0 Å². The normalized spacial score (nSPS) is 13.3. The molecule has 0 radical (unpaired) electrons. The number of carbonyl (C=O) groups excluding carboxylic acids is 2. The molecule has 1 aliphatic heterocycles. The minimum atomic E-state index is -0.328. The van der Waals surface area contributed by atoms with E-state index in [2.05, 4.69) is 15.6 Å². The fourth-order valence-electron chi connectivity index (χ4n) is 3.14. The summed E-state index contributed by atoms with van der Waals surface area (Å²) >= 11 is 0. The van der Waals surface area contributed by atoms with Gasteiger partial charge in [0.05, 0.1) is 5.69 Å². The Kier molecular flexibility index (Phi) is 5.88. The van der Waals surface area contributed by atoms with Gasteiger partial charge in [-0.25, -0.2) is 9.37 Å². The van der Waals surface area contributed by atoms with E-state index in [-0.39, 0.29) is 30.0 Å². The van der Waals surface area contributed by atoms with Crippen LogP contribution in [0, 0.1) is 11.7 Å². The maximum absolute atomic E-state index is 13.0. The molecule has 7 heteroatoms. The van der Waals surface area contributed by atoms with Gasteiger partial charge in [0.1, 0.15) is 11.5 Å². The summed E-state index contributed by atoms with van der Waals surface area (Å²) in [6.07, 6.45) is 2.67. The lowest BCUT2D eigenvalue weighted by Gasteiger charge is -2.17. The van der Waals surface area contributed by atoms with E-state index in [0.717, 1.165) is 30.5 Å². The molecular weight excluding hydrogens is 347 g/mol. The van der Waals surface area contributed by atoms with E-state index >= 15 is 0 Å². The number of carbonyl (C=O) groups is 2. The SMILES string of the molecule is CC(C)CNC(=O)c1nc(C(=O)NCc2ccc(F)cc2)n2c1CCCC2. The quantitative estimate of drug-likeness (QED) is 0.819. The van der Waals surface area contributed by atoms with Crippen LogP contribution in [0.3, 0.4) is 0 Å². The van der Waals surface area contributed by atoms with Crippen molar-refractivity contribution in [2.24, 2.45) is 5.92 Å². The number of rotatable bonds is 6. The highest BCUT2D eigenvalue weighted by Gasteiger charge is 2.27. The number of amides is 2. The van der Waals surface area contributed by atoms with Gasteiger partial charge in [-0.05, 0) is 42.9 Å². The Morgan fingerprint density at radius 1 is 1.15 bits per heavy atom. The summed E-state index contributed by atoms with van der Waals surface area (Å²) in [6, 6.07) is 5.97. The largest absolute Gasteiger partial charge is 0.350 e. The number of imidazole rings is 1. The van der Waals surface area contributed by atoms with Gasteiger partial charge >= 0.3 is 0 Å². The molecule has 0 bridgehead atoms. The van der Waals surface area contributed by atoms with Gasteiger partial charge in [0, 0.05) is 19.6 Å². The molecule has 2 aromatic rings. The van der Waals surface area contributed by atoms with Gasteiger partial charge in [-0.15, -0.1) is 0 Å². The van der Waals surface area contributed by atoms with Crippen LogP contribution in [-0.2, 0) is 19.5 Å². The van der Waals surface area contributed by atoms with Crippen LogP contribution in [0.5, 0.6) is 0 Å². The minimum Gasteiger partial charge on any atom is -0.350 e. The molecule has 0 saturated carbocycles. The summed E-state index contributed by atoms with van der Waals surface area (Å²) in [6.45, 7) is 5.57. The molecule has 0 unspecified atom stereocenters. The lowest BCUT2D eigenvalue weighted by molar-refractivity contribution is 0.0935. The molecular formula is C20H25FN4O2.